The van der Waals surface area contributed by atoms with Crippen molar-refractivity contribution >= 4 is 11.8 Å². The van der Waals surface area contributed by atoms with Crippen LogP contribution in [0.5, 0.6) is 0 Å². The molecular formula is C13H23N3O4. The first-order chi connectivity index (χ1) is 9.72. The summed E-state index contributed by atoms with van der Waals surface area (Å²) in [6.07, 6.45) is 1.53. The predicted molar refractivity (Wildman–Crippen MR) is 72.1 cm³/mol. The fourth-order valence-electron chi connectivity index (χ4n) is 2.58. The van der Waals surface area contributed by atoms with E-state index in [0.29, 0.717) is 32.8 Å². The molecule has 0 spiro atoms. The number of hydrogen-bond donors (Lipinski definition) is 2. The van der Waals surface area contributed by atoms with Crippen LogP contribution >= 0.6 is 0 Å². The molecule has 0 radical (unpaired) electrons. The smallest absolute Gasteiger partial charge is 0.312 e. The molecule has 0 saturated carbocycles. The van der Waals surface area contributed by atoms with Gasteiger partial charge in [0, 0.05) is 39.3 Å². The lowest BCUT2D eigenvalue weighted by atomic mass is 10.1. The van der Waals surface area contributed by atoms with Crippen LogP contribution in [0.3, 0.4) is 0 Å². The van der Waals surface area contributed by atoms with Crippen molar-refractivity contribution in [1.29, 1.82) is 0 Å². The van der Waals surface area contributed by atoms with Crippen molar-refractivity contribution in [3.8, 4) is 0 Å². The zero-order chi connectivity index (χ0) is 14.4. The first-order valence-corrected chi connectivity index (χ1v) is 7.23. The van der Waals surface area contributed by atoms with Crippen molar-refractivity contribution in [3.05, 3.63) is 0 Å². The van der Waals surface area contributed by atoms with Gasteiger partial charge in [-0.25, -0.2) is 0 Å². The van der Waals surface area contributed by atoms with E-state index in [9.17, 15) is 9.59 Å². The van der Waals surface area contributed by atoms with Crippen LogP contribution in [0, 0.1) is 0 Å². The molecule has 2 fully saturated rings. The van der Waals surface area contributed by atoms with Gasteiger partial charge in [0.05, 0.1) is 19.3 Å². The molecule has 0 bridgehead atoms. The molecule has 20 heavy (non-hydrogen) atoms. The molecule has 2 amide bonds. The summed E-state index contributed by atoms with van der Waals surface area (Å²) in [5.74, 6) is -0.784. The highest BCUT2D eigenvalue weighted by molar-refractivity contribution is 6.34. The molecule has 0 aromatic heterocycles. The standard InChI is InChI=1S/C13H23N3O4/c17-9-10-20-11-1-5-15(6-2-11)12(18)13(19)16-7-3-14-4-8-16/h11,14,17H,1-10H2. The van der Waals surface area contributed by atoms with Gasteiger partial charge in [-0.3, -0.25) is 9.59 Å². The Kier molecular flexibility index (Phi) is 5.75. The lowest BCUT2D eigenvalue weighted by molar-refractivity contribution is -0.153. The zero-order valence-corrected chi connectivity index (χ0v) is 11.7. The number of rotatable bonds is 3. The summed E-state index contributed by atoms with van der Waals surface area (Å²) in [4.78, 5) is 27.5. The van der Waals surface area contributed by atoms with Gasteiger partial charge < -0.3 is 25.0 Å². The minimum atomic E-state index is -0.396. The Hall–Kier alpha value is -1.18. The van der Waals surface area contributed by atoms with Crippen LogP contribution in [-0.4, -0.2) is 85.3 Å². The Morgan fingerprint density at radius 2 is 1.60 bits per heavy atom. The van der Waals surface area contributed by atoms with Crippen molar-refractivity contribution in [2.75, 3.05) is 52.5 Å². The van der Waals surface area contributed by atoms with Crippen LogP contribution in [0.1, 0.15) is 12.8 Å². The zero-order valence-electron chi connectivity index (χ0n) is 11.7. The second-order valence-corrected chi connectivity index (χ2v) is 5.13. The van der Waals surface area contributed by atoms with Crippen LogP contribution in [0.15, 0.2) is 0 Å². The molecular weight excluding hydrogens is 262 g/mol. The molecule has 2 heterocycles. The average Bonchev–Trinajstić information content (AvgIpc) is 2.53. The predicted octanol–water partition coefficient (Wildman–Crippen LogP) is -1.58. The molecule has 2 N–H and O–H groups in total. The van der Waals surface area contributed by atoms with Gasteiger partial charge in [-0.1, -0.05) is 0 Å². The molecule has 0 aromatic rings. The summed E-state index contributed by atoms with van der Waals surface area (Å²) < 4.78 is 5.45. The van der Waals surface area contributed by atoms with E-state index in [-0.39, 0.29) is 18.6 Å². The minimum Gasteiger partial charge on any atom is -0.394 e. The fraction of sp³-hybridized carbons (Fsp3) is 0.846. The van der Waals surface area contributed by atoms with E-state index in [4.69, 9.17) is 9.84 Å². The van der Waals surface area contributed by atoms with E-state index in [1.807, 2.05) is 0 Å². The third-order valence-corrected chi connectivity index (χ3v) is 3.76. The number of piperazine rings is 1. The molecule has 2 rings (SSSR count). The Morgan fingerprint density at radius 3 is 2.15 bits per heavy atom. The third-order valence-electron chi connectivity index (χ3n) is 3.76. The van der Waals surface area contributed by atoms with Gasteiger partial charge in [0.2, 0.25) is 0 Å². The number of aliphatic hydroxyl groups excluding tert-OH is 1. The monoisotopic (exact) mass is 285 g/mol. The van der Waals surface area contributed by atoms with Gasteiger partial charge in [-0.15, -0.1) is 0 Å². The highest BCUT2D eigenvalue weighted by atomic mass is 16.5. The molecule has 0 atom stereocenters. The van der Waals surface area contributed by atoms with Crippen molar-refractivity contribution in [2.24, 2.45) is 0 Å². The van der Waals surface area contributed by atoms with Crippen molar-refractivity contribution in [2.45, 2.75) is 18.9 Å². The largest absolute Gasteiger partial charge is 0.394 e. The number of aliphatic hydroxyl groups is 1. The summed E-state index contributed by atoms with van der Waals surface area (Å²) >= 11 is 0. The van der Waals surface area contributed by atoms with E-state index in [1.165, 1.54) is 0 Å². The molecule has 7 nitrogen and oxygen atoms in total. The summed E-state index contributed by atoms with van der Waals surface area (Å²) in [6, 6.07) is 0. The number of nitrogens with zero attached hydrogens (tertiary/aromatic N) is 2. The Bertz CT molecular complexity index is 337. The number of nitrogens with one attached hydrogen (secondary N) is 1. The van der Waals surface area contributed by atoms with E-state index in [0.717, 1.165) is 25.9 Å². The van der Waals surface area contributed by atoms with Crippen LogP contribution < -0.4 is 5.32 Å². The third kappa shape index (κ3) is 3.91. The van der Waals surface area contributed by atoms with Crippen LogP contribution in [-0.2, 0) is 14.3 Å². The fourth-order valence-corrected chi connectivity index (χ4v) is 2.58. The molecule has 2 saturated heterocycles. The highest BCUT2D eigenvalue weighted by Crippen LogP contribution is 2.14. The SMILES string of the molecule is O=C(C(=O)N1CCC(OCCO)CC1)N1CCNCC1. The number of carbonyl (C=O) groups is 2. The summed E-state index contributed by atoms with van der Waals surface area (Å²) in [7, 11) is 0. The molecule has 2 aliphatic rings. The lowest BCUT2D eigenvalue weighted by Crippen LogP contribution is -2.53. The maximum absolute atomic E-state index is 12.2. The first-order valence-electron chi connectivity index (χ1n) is 7.23. The lowest BCUT2D eigenvalue weighted by Gasteiger charge is -2.33. The minimum absolute atomic E-state index is 0.0145. The number of piperidine rings is 1. The number of carbonyl (C=O) groups excluding carboxylic acids is 2. The molecule has 0 aliphatic carbocycles. The highest BCUT2D eigenvalue weighted by Gasteiger charge is 2.30. The van der Waals surface area contributed by atoms with E-state index in [1.54, 1.807) is 9.80 Å². The van der Waals surface area contributed by atoms with Gasteiger partial charge >= 0.3 is 11.8 Å². The average molecular weight is 285 g/mol. The van der Waals surface area contributed by atoms with Crippen LogP contribution in [0.25, 0.3) is 0 Å². The number of hydrogen-bond acceptors (Lipinski definition) is 5. The number of amides is 2. The van der Waals surface area contributed by atoms with Crippen molar-refractivity contribution in [1.82, 2.24) is 15.1 Å². The number of ether oxygens (including phenoxy) is 1. The van der Waals surface area contributed by atoms with E-state index in [2.05, 4.69) is 5.32 Å². The summed E-state index contributed by atoms with van der Waals surface area (Å²) in [6.45, 7) is 4.13. The maximum atomic E-state index is 12.2. The molecule has 114 valence electrons. The Morgan fingerprint density at radius 1 is 1.05 bits per heavy atom. The number of likely N-dealkylation sites (tertiary alicyclic amines) is 1. The molecule has 0 unspecified atom stereocenters. The molecule has 7 heteroatoms. The summed E-state index contributed by atoms with van der Waals surface area (Å²) in [5.41, 5.74) is 0. The normalized spacial score (nSPS) is 21.1. The van der Waals surface area contributed by atoms with E-state index < -0.39 is 5.91 Å². The van der Waals surface area contributed by atoms with Gasteiger partial charge in [-0.2, -0.15) is 0 Å². The first kappa shape index (κ1) is 15.2. The van der Waals surface area contributed by atoms with Crippen molar-refractivity contribution < 1.29 is 19.4 Å². The quantitative estimate of drug-likeness (QED) is 0.612. The van der Waals surface area contributed by atoms with Gasteiger partial charge in [0.15, 0.2) is 0 Å². The second kappa shape index (κ2) is 7.56. The van der Waals surface area contributed by atoms with Gasteiger partial charge in [-0.05, 0) is 12.8 Å². The van der Waals surface area contributed by atoms with Crippen LogP contribution in [0.2, 0.25) is 0 Å². The Balaban J connectivity index is 1.77. The molecule has 0 aromatic carbocycles. The Labute approximate surface area is 118 Å². The summed E-state index contributed by atoms with van der Waals surface area (Å²) in [5, 5.41) is 11.9. The van der Waals surface area contributed by atoms with Gasteiger partial charge in [0.25, 0.3) is 0 Å². The molecule has 2 aliphatic heterocycles. The maximum Gasteiger partial charge on any atom is 0.312 e. The van der Waals surface area contributed by atoms with Gasteiger partial charge in [0.1, 0.15) is 0 Å². The topological polar surface area (TPSA) is 82.1 Å². The second-order valence-electron chi connectivity index (χ2n) is 5.13. The van der Waals surface area contributed by atoms with E-state index >= 15 is 0 Å². The van der Waals surface area contributed by atoms with Crippen molar-refractivity contribution in [3.63, 3.8) is 0 Å². The van der Waals surface area contributed by atoms with Crippen LogP contribution in [0.4, 0.5) is 0 Å².